The van der Waals surface area contributed by atoms with Crippen LogP contribution >= 0.6 is 0 Å². The van der Waals surface area contributed by atoms with Crippen molar-refractivity contribution >= 4 is 11.8 Å². The number of rotatable bonds is 4. The van der Waals surface area contributed by atoms with Gasteiger partial charge in [-0.1, -0.05) is 12.1 Å². The topological polar surface area (TPSA) is 81.6 Å². The molecule has 0 radical (unpaired) electrons. The van der Waals surface area contributed by atoms with Crippen molar-refractivity contribution in [1.82, 2.24) is 19.7 Å². The first kappa shape index (κ1) is 13.7. The number of nitrogen functional groups attached to an aromatic ring is 1. The van der Waals surface area contributed by atoms with Gasteiger partial charge in [0.25, 0.3) is 0 Å². The van der Waals surface area contributed by atoms with Crippen LogP contribution in [0.4, 0.5) is 16.2 Å². The van der Waals surface area contributed by atoms with E-state index in [2.05, 4.69) is 20.4 Å². The molecule has 116 valence electrons. The summed E-state index contributed by atoms with van der Waals surface area (Å²) in [6.45, 7) is 0. The van der Waals surface area contributed by atoms with Gasteiger partial charge in [-0.25, -0.2) is 9.07 Å². The Labute approximate surface area is 132 Å². The Balaban J connectivity index is 1.52. The Hall–Kier alpha value is -2.96. The van der Waals surface area contributed by atoms with E-state index in [9.17, 15) is 4.39 Å². The van der Waals surface area contributed by atoms with Gasteiger partial charge in [0.2, 0.25) is 5.95 Å². The normalized spacial score (nSPS) is 19.5. The highest BCUT2D eigenvalue weighted by Crippen LogP contribution is 2.42. The third-order valence-electron chi connectivity index (χ3n) is 3.87. The maximum atomic E-state index is 13.3. The molecule has 1 saturated carbocycles. The van der Waals surface area contributed by atoms with Gasteiger partial charge in [0, 0.05) is 30.4 Å². The van der Waals surface area contributed by atoms with Crippen LogP contribution in [0.5, 0.6) is 0 Å². The first-order valence-corrected chi connectivity index (χ1v) is 7.35. The molecule has 1 aromatic carbocycles. The number of halogens is 1. The Morgan fingerprint density at radius 3 is 2.91 bits per heavy atom. The van der Waals surface area contributed by atoms with Gasteiger partial charge in [-0.15, -0.1) is 0 Å². The first-order chi connectivity index (χ1) is 11.2. The molecule has 1 fully saturated rings. The Morgan fingerprint density at radius 1 is 1.22 bits per heavy atom. The molecule has 0 saturated heterocycles. The monoisotopic (exact) mass is 310 g/mol. The van der Waals surface area contributed by atoms with Crippen molar-refractivity contribution in [3.8, 4) is 5.82 Å². The molecule has 7 heteroatoms. The summed E-state index contributed by atoms with van der Waals surface area (Å²) >= 11 is 0. The zero-order valence-corrected chi connectivity index (χ0v) is 12.2. The Bertz CT molecular complexity index is 832. The minimum absolute atomic E-state index is 0.184. The lowest BCUT2D eigenvalue weighted by Crippen LogP contribution is -2.10. The van der Waals surface area contributed by atoms with Gasteiger partial charge < -0.3 is 11.1 Å². The highest BCUT2D eigenvalue weighted by atomic mass is 19.1. The summed E-state index contributed by atoms with van der Waals surface area (Å²) in [4.78, 5) is 8.38. The lowest BCUT2D eigenvalue weighted by Gasteiger charge is -2.08. The van der Waals surface area contributed by atoms with E-state index in [1.165, 1.54) is 6.07 Å². The summed E-state index contributed by atoms with van der Waals surface area (Å²) in [5, 5.41) is 7.47. The molecule has 0 spiro atoms. The number of nitrogens with one attached hydrogen (secondary N) is 1. The number of hydrogen-bond donors (Lipinski definition) is 2. The third kappa shape index (κ3) is 2.85. The second-order valence-corrected chi connectivity index (χ2v) is 5.57. The average Bonchev–Trinajstić information content (AvgIpc) is 3.07. The molecule has 3 aromatic rings. The third-order valence-corrected chi connectivity index (χ3v) is 3.87. The van der Waals surface area contributed by atoms with Crippen LogP contribution < -0.4 is 11.1 Å². The number of anilines is 2. The number of nitrogens with two attached hydrogens (primary N) is 1. The van der Waals surface area contributed by atoms with Crippen LogP contribution in [-0.4, -0.2) is 25.8 Å². The van der Waals surface area contributed by atoms with Gasteiger partial charge in [0.05, 0.1) is 0 Å². The van der Waals surface area contributed by atoms with Crippen LogP contribution in [0.3, 0.4) is 0 Å². The molecule has 0 amide bonds. The summed E-state index contributed by atoms with van der Waals surface area (Å²) < 4.78 is 14.9. The standard InChI is InChI=1S/C16H15FN6/c17-11-4-1-3-10(7-11)12-8-13(12)20-14-9-15(22-16(18)21-14)23-6-2-5-19-23/h1-7,9,12-13H,8H2,(H3,18,20,21,22)/t12-,13+/m0/s1. The molecule has 2 atom stereocenters. The fourth-order valence-electron chi connectivity index (χ4n) is 2.70. The van der Waals surface area contributed by atoms with Gasteiger partial charge in [0.15, 0.2) is 5.82 Å². The van der Waals surface area contributed by atoms with Gasteiger partial charge >= 0.3 is 0 Å². The van der Waals surface area contributed by atoms with Crippen molar-refractivity contribution < 1.29 is 4.39 Å². The first-order valence-electron chi connectivity index (χ1n) is 7.35. The van der Waals surface area contributed by atoms with Crippen molar-refractivity contribution in [2.45, 2.75) is 18.4 Å². The fraction of sp³-hybridized carbons (Fsp3) is 0.188. The van der Waals surface area contributed by atoms with E-state index >= 15 is 0 Å². The van der Waals surface area contributed by atoms with Crippen LogP contribution in [-0.2, 0) is 0 Å². The van der Waals surface area contributed by atoms with Gasteiger partial charge in [-0.05, 0) is 30.2 Å². The average molecular weight is 310 g/mol. The number of aromatic nitrogens is 4. The molecule has 23 heavy (non-hydrogen) atoms. The van der Waals surface area contributed by atoms with E-state index < -0.39 is 0 Å². The molecule has 6 nitrogen and oxygen atoms in total. The van der Waals surface area contributed by atoms with E-state index in [1.54, 1.807) is 35.3 Å². The summed E-state index contributed by atoms with van der Waals surface area (Å²) in [6.07, 6.45) is 4.40. The van der Waals surface area contributed by atoms with Crippen LogP contribution in [0.15, 0.2) is 48.8 Å². The highest BCUT2D eigenvalue weighted by molar-refractivity contribution is 5.48. The van der Waals surface area contributed by atoms with Crippen molar-refractivity contribution in [3.05, 3.63) is 60.2 Å². The number of hydrogen-bond acceptors (Lipinski definition) is 5. The maximum Gasteiger partial charge on any atom is 0.224 e. The second-order valence-electron chi connectivity index (χ2n) is 5.57. The van der Waals surface area contributed by atoms with Gasteiger partial charge in [0.1, 0.15) is 11.6 Å². The SMILES string of the molecule is Nc1nc(N[C@@H]2C[C@H]2c2cccc(F)c2)cc(-n2cccn2)n1. The lowest BCUT2D eigenvalue weighted by atomic mass is 10.1. The summed E-state index contributed by atoms with van der Waals surface area (Å²) in [5.74, 6) is 1.51. The quantitative estimate of drug-likeness (QED) is 0.773. The molecule has 0 unspecified atom stereocenters. The van der Waals surface area contributed by atoms with Crippen LogP contribution in [0, 0.1) is 5.82 Å². The molecule has 3 N–H and O–H groups in total. The Kier molecular flexibility index (Phi) is 3.18. The van der Waals surface area contributed by atoms with E-state index in [4.69, 9.17) is 5.73 Å². The molecular weight excluding hydrogens is 295 g/mol. The molecule has 1 aliphatic rings. The van der Waals surface area contributed by atoms with E-state index in [1.807, 2.05) is 12.1 Å². The minimum Gasteiger partial charge on any atom is -0.368 e. The summed E-state index contributed by atoms with van der Waals surface area (Å²) in [5.41, 5.74) is 6.77. The molecule has 0 bridgehead atoms. The second kappa shape index (κ2) is 5.35. The predicted octanol–water partition coefficient (Wildman–Crippen LogP) is 2.35. The zero-order chi connectivity index (χ0) is 15.8. The largest absolute Gasteiger partial charge is 0.368 e. The molecule has 4 rings (SSSR count). The molecule has 2 aromatic heterocycles. The summed E-state index contributed by atoms with van der Waals surface area (Å²) in [6, 6.07) is 10.5. The highest BCUT2D eigenvalue weighted by Gasteiger charge is 2.38. The molecular formula is C16H15FN6. The summed E-state index contributed by atoms with van der Waals surface area (Å²) in [7, 11) is 0. The van der Waals surface area contributed by atoms with E-state index in [0.29, 0.717) is 11.6 Å². The van der Waals surface area contributed by atoms with E-state index in [0.717, 1.165) is 12.0 Å². The smallest absolute Gasteiger partial charge is 0.224 e. The Morgan fingerprint density at radius 2 is 2.13 bits per heavy atom. The van der Waals surface area contributed by atoms with E-state index in [-0.39, 0.29) is 23.7 Å². The van der Waals surface area contributed by atoms with Crippen LogP contribution in [0.1, 0.15) is 17.9 Å². The predicted molar refractivity (Wildman–Crippen MR) is 84.7 cm³/mol. The van der Waals surface area contributed by atoms with Crippen molar-refractivity contribution in [3.63, 3.8) is 0 Å². The lowest BCUT2D eigenvalue weighted by molar-refractivity contribution is 0.625. The van der Waals surface area contributed by atoms with Gasteiger partial charge in [-0.2, -0.15) is 15.1 Å². The van der Waals surface area contributed by atoms with Crippen molar-refractivity contribution in [2.75, 3.05) is 11.1 Å². The van der Waals surface area contributed by atoms with Crippen molar-refractivity contribution in [2.24, 2.45) is 0 Å². The fourth-order valence-corrected chi connectivity index (χ4v) is 2.70. The van der Waals surface area contributed by atoms with Crippen molar-refractivity contribution in [1.29, 1.82) is 0 Å². The molecule has 2 heterocycles. The minimum atomic E-state index is -0.208. The maximum absolute atomic E-state index is 13.3. The number of nitrogens with zero attached hydrogens (tertiary/aromatic N) is 4. The van der Waals surface area contributed by atoms with Gasteiger partial charge in [-0.3, -0.25) is 0 Å². The van der Waals surface area contributed by atoms with Crippen LogP contribution in [0.25, 0.3) is 5.82 Å². The molecule has 0 aliphatic heterocycles. The number of benzene rings is 1. The molecule has 1 aliphatic carbocycles. The van der Waals surface area contributed by atoms with Crippen LogP contribution in [0.2, 0.25) is 0 Å². The zero-order valence-electron chi connectivity index (χ0n) is 12.2.